The van der Waals surface area contributed by atoms with Gasteiger partial charge in [0, 0.05) is 45.8 Å². The molecule has 10 heteroatoms. The van der Waals surface area contributed by atoms with Gasteiger partial charge < -0.3 is 25.2 Å². The van der Waals surface area contributed by atoms with Crippen molar-refractivity contribution in [3.63, 3.8) is 0 Å². The monoisotopic (exact) mass is 575 g/mol. The summed E-state index contributed by atoms with van der Waals surface area (Å²) in [6.45, 7) is -0.451. The third kappa shape index (κ3) is 10.3. The molecule has 0 unspecified atom stereocenters. The maximum Gasteiger partial charge on any atom is 0.387 e. The lowest BCUT2D eigenvalue weighted by molar-refractivity contribution is -0.0498. The summed E-state index contributed by atoms with van der Waals surface area (Å²) in [5.41, 5.74) is 2.49. The molecule has 0 spiro atoms. The summed E-state index contributed by atoms with van der Waals surface area (Å²) in [7, 11) is 7.49. The minimum absolute atomic E-state index is 0. The van der Waals surface area contributed by atoms with Crippen LogP contribution in [0.3, 0.4) is 0 Å². The Morgan fingerprint density at radius 1 is 1.06 bits per heavy atom. The lowest BCUT2D eigenvalue weighted by atomic mass is 10.1. The predicted molar refractivity (Wildman–Crippen MR) is 137 cm³/mol. The van der Waals surface area contributed by atoms with E-state index >= 15 is 0 Å². The summed E-state index contributed by atoms with van der Waals surface area (Å²) < 4.78 is 28.9. The molecule has 2 N–H and O–H groups in total. The van der Waals surface area contributed by atoms with Crippen LogP contribution in [-0.2, 0) is 13.1 Å². The fraction of sp³-hybridized carbons (Fsp3) is 0.391. The predicted octanol–water partition coefficient (Wildman–Crippen LogP) is 3.40. The van der Waals surface area contributed by atoms with Crippen LogP contribution in [-0.4, -0.2) is 69.6 Å². The Kier molecular flexibility index (Phi) is 12.7. The number of aliphatic imine (C=N–C) groups is 1. The number of carbonyl (C=O) groups is 1. The molecule has 0 fully saturated rings. The van der Waals surface area contributed by atoms with Crippen LogP contribution in [0.5, 0.6) is 5.75 Å². The van der Waals surface area contributed by atoms with Gasteiger partial charge in [-0.3, -0.25) is 9.79 Å². The Hall–Kier alpha value is -2.47. The van der Waals surface area contributed by atoms with Gasteiger partial charge in [-0.05, 0) is 49.5 Å². The standard InChI is InChI=1S/C23H31F2N5O2.HI/c1-26-23(30(4)16-17-8-10-20(11-9-17)32-22(24)25)28-15-18-6-5-7-19(14-18)21(31)27-12-13-29(2)3;/h5-11,14,22H,12-13,15-16H2,1-4H3,(H,26,28)(H,27,31);1H. The molecule has 1 amide bonds. The Bertz CT molecular complexity index is 895. The molecule has 0 aromatic heterocycles. The number of amides is 1. The molecule has 0 radical (unpaired) electrons. The SMILES string of the molecule is CN=C(NCc1cccc(C(=O)NCCN(C)C)c1)N(C)Cc1ccc(OC(F)F)cc1.I. The Balaban J connectivity index is 0.00000544. The van der Waals surface area contributed by atoms with Crippen LogP contribution in [0.15, 0.2) is 53.5 Å². The maximum absolute atomic E-state index is 12.3. The first-order chi connectivity index (χ1) is 15.3. The first-order valence-corrected chi connectivity index (χ1v) is 10.3. The maximum atomic E-state index is 12.3. The molecule has 7 nitrogen and oxygen atoms in total. The number of benzene rings is 2. The number of ether oxygens (including phenoxy) is 1. The van der Waals surface area contributed by atoms with Gasteiger partial charge in [-0.25, -0.2) is 0 Å². The number of hydrogen-bond donors (Lipinski definition) is 2. The zero-order chi connectivity index (χ0) is 23.5. The van der Waals surface area contributed by atoms with Crippen LogP contribution in [0, 0.1) is 0 Å². The molecule has 0 aliphatic rings. The third-order valence-electron chi connectivity index (χ3n) is 4.63. The molecular weight excluding hydrogens is 543 g/mol. The van der Waals surface area contributed by atoms with Gasteiger partial charge >= 0.3 is 6.61 Å². The molecule has 2 aromatic rings. The van der Waals surface area contributed by atoms with Crippen molar-refractivity contribution < 1.29 is 18.3 Å². The van der Waals surface area contributed by atoms with Crippen LogP contribution < -0.4 is 15.4 Å². The smallest absolute Gasteiger partial charge is 0.387 e. The Labute approximate surface area is 211 Å². The van der Waals surface area contributed by atoms with Gasteiger partial charge in [-0.2, -0.15) is 8.78 Å². The van der Waals surface area contributed by atoms with Gasteiger partial charge in [0.05, 0.1) is 0 Å². The van der Waals surface area contributed by atoms with Crippen molar-refractivity contribution in [3.05, 3.63) is 65.2 Å². The molecule has 33 heavy (non-hydrogen) atoms. The van der Waals surface area contributed by atoms with Crippen molar-refractivity contribution in [3.8, 4) is 5.75 Å². The quantitative estimate of drug-likeness (QED) is 0.258. The molecule has 0 saturated carbocycles. The van der Waals surface area contributed by atoms with Crippen LogP contribution in [0.4, 0.5) is 8.78 Å². The summed E-state index contributed by atoms with van der Waals surface area (Å²) in [4.78, 5) is 20.6. The second-order valence-corrected chi connectivity index (χ2v) is 7.54. The number of hydrogen-bond acceptors (Lipinski definition) is 4. The number of nitrogens with one attached hydrogen (secondary N) is 2. The number of guanidine groups is 1. The first kappa shape index (κ1) is 28.6. The van der Waals surface area contributed by atoms with Crippen LogP contribution in [0.25, 0.3) is 0 Å². The van der Waals surface area contributed by atoms with Gasteiger partial charge in [0.1, 0.15) is 5.75 Å². The second-order valence-electron chi connectivity index (χ2n) is 7.54. The number of rotatable bonds is 10. The highest BCUT2D eigenvalue weighted by atomic mass is 127. The van der Waals surface area contributed by atoms with Gasteiger partial charge in [-0.15, -0.1) is 24.0 Å². The highest BCUT2D eigenvalue weighted by molar-refractivity contribution is 14.0. The molecule has 0 atom stereocenters. The van der Waals surface area contributed by atoms with Gasteiger partial charge in [0.2, 0.25) is 0 Å². The van der Waals surface area contributed by atoms with E-state index in [1.165, 1.54) is 12.1 Å². The summed E-state index contributed by atoms with van der Waals surface area (Å²) >= 11 is 0. The van der Waals surface area contributed by atoms with Crippen molar-refractivity contribution in [2.45, 2.75) is 19.7 Å². The largest absolute Gasteiger partial charge is 0.435 e. The molecular formula is C23H32F2IN5O2. The summed E-state index contributed by atoms with van der Waals surface area (Å²) in [5.74, 6) is 0.688. The van der Waals surface area contributed by atoms with E-state index in [0.29, 0.717) is 31.2 Å². The average Bonchev–Trinajstić information content (AvgIpc) is 2.75. The molecule has 2 rings (SSSR count). The zero-order valence-electron chi connectivity index (χ0n) is 19.3. The van der Waals surface area contributed by atoms with E-state index in [1.54, 1.807) is 25.2 Å². The van der Waals surface area contributed by atoms with Crippen molar-refractivity contribution in [2.24, 2.45) is 4.99 Å². The zero-order valence-corrected chi connectivity index (χ0v) is 21.7. The summed E-state index contributed by atoms with van der Waals surface area (Å²) in [6, 6.07) is 13.9. The highest BCUT2D eigenvalue weighted by Crippen LogP contribution is 2.16. The Morgan fingerprint density at radius 3 is 2.36 bits per heavy atom. The molecule has 0 aliphatic heterocycles. The van der Waals surface area contributed by atoms with Crippen LogP contribution in [0.2, 0.25) is 0 Å². The number of halogens is 3. The molecule has 182 valence electrons. The fourth-order valence-corrected chi connectivity index (χ4v) is 3.01. The van der Waals surface area contributed by atoms with Crippen molar-refractivity contribution in [2.75, 3.05) is 41.3 Å². The van der Waals surface area contributed by atoms with Gasteiger partial charge in [0.25, 0.3) is 5.91 Å². The van der Waals surface area contributed by atoms with E-state index in [2.05, 4.69) is 20.4 Å². The number of carbonyl (C=O) groups excluding carboxylic acids is 1. The molecule has 0 saturated heterocycles. The molecule has 0 bridgehead atoms. The molecule has 0 aliphatic carbocycles. The van der Waals surface area contributed by atoms with E-state index in [0.717, 1.165) is 17.7 Å². The second kappa shape index (κ2) is 14.6. The normalized spacial score (nSPS) is 11.2. The van der Waals surface area contributed by atoms with E-state index in [4.69, 9.17) is 0 Å². The van der Waals surface area contributed by atoms with Crippen molar-refractivity contribution >= 4 is 35.8 Å². The lowest BCUT2D eigenvalue weighted by Crippen LogP contribution is -2.38. The van der Waals surface area contributed by atoms with E-state index in [1.807, 2.05) is 49.1 Å². The van der Waals surface area contributed by atoms with E-state index in [-0.39, 0.29) is 35.6 Å². The highest BCUT2D eigenvalue weighted by Gasteiger charge is 2.10. The average molecular weight is 575 g/mol. The fourth-order valence-electron chi connectivity index (χ4n) is 3.01. The van der Waals surface area contributed by atoms with Gasteiger partial charge in [0.15, 0.2) is 5.96 Å². The summed E-state index contributed by atoms with van der Waals surface area (Å²) in [6.07, 6.45) is 0. The van der Waals surface area contributed by atoms with Crippen LogP contribution in [0.1, 0.15) is 21.5 Å². The number of alkyl halides is 2. The van der Waals surface area contributed by atoms with Crippen molar-refractivity contribution in [1.29, 1.82) is 0 Å². The van der Waals surface area contributed by atoms with Gasteiger partial charge in [-0.1, -0.05) is 24.3 Å². The lowest BCUT2D eigenvalue weighted by Gasteiger charge is -2.22. The van der Waals surface area contributed by atoms with E-state index < -0.39 is 6.61 Å². The number of likely N-dealkylation sites (N-methyl/N-ethyl adjacent to an activating group) is 1. The topological polar surface area (TPSA) is 69.2 Å². The van der Waals surface area contributed by atoms with E-state index in [9.17, 15) is 13.6 Å². The minimum atomic E-state index is -2.84. The molecule has 0 heterocycles. The first-order valence-electron chi connectivity index (χ1n) is 10.3. The molecule has 2 aromatic carbocycles. The summed E-state index contributed by atoms with van der Waals surface area (Å²) in [5, 5.41) is 6.19. The number of nitrogens with zero attached hydrogens (tertiary/aromatic N) is 3. The third-order valence-corrected chi connectivity index (χ3v) is 4.63. The minimum Gasteiger partial charge on any atom is -0.435 e. The van der Waals surface area contributed by atoms with Crippen LogP contribution >= 0.6 is 24.0 Å². The van der Waals surface area contributed by atoms with Crippen molar-refractivity contribution in [1.82, 2.24) is 20.4 Å². The Morgan fingerprint density at radius 2 is 1.76 bits per heavy atom.